The number of fused-ring (bicyclic) bond motifs is 3. The average molecular weight is 387 g/mol. The third-order valence-electron chi connectivity index (χ3n) is 5.40. The van der Waals surface area contributed by atoms with Gasteiger partial charge in [0.2, 0.25) is 0 Å². The van der Waals surface area contributed by atoms with Crippen LogP contribution in [-0.2, 0) is 6.54 Å². The van der Waals surface area contributed by atoms with Crippen molar-refractivity contribution in [3.63, 3.8) is 0 Å². The Kier molecular flexibility index (Phi) is 4.37. The zero-order valence-corrected chi connectivity index (χ0v) is 15.9. The highest BCUT2D eigenvalue weighted by Crippen LogP contribution is 2.26. The summed E-state index contributed by atoms with van der Waals surface area (Å²) in [5.74, 6) is 0.290. The number of hydrogen-bond donors (Lipinski definition) is 2. The Labute approximate surface area is 167 Å². The van der Waals surface area contributed by atoms with Gasteiger partial charge in [-0.05, 0) is 62.3 Å². The van der Waals surface area contributed by atoms with Gasteiger partial charge in [-0.15, -0.1) is 0 Å². The van der Waals surface area contributed by atoms with Gasteiger partial charge >= 0.3 is 0 Å². The molecule has 0 unspecified atom stereocenters. The smallest absolute Gasteiger partial charge is 0.120 e. The number of pyridine rings is 1. The van der Waals surface area contributed by atoms with Crippen molar-refractivity contribution in [2.45, 2.75) is 19.4 Å². The Morgan fingerprint density at radius 1 is 1.00 bits per heavy atom. The molecule has 0 radical (unpaired) electrons. The van der Waals surface area contributed by atoms with Gasteiger partial charge in [0.25, 0.3) is 0 Å². The van der Waals surface area contributed by atoms with E-state index >= 15 is 0 Å². The molecule has 7 heteroatoms. The Hall–Kier alpha value is -3.45. The fraction of sp³-hybridized carbons (Fsp3) is 0.227. The zero-order chi connectivity index (χ0) is 19.8. The van der Waals surface area contributed by atoms with Crippen LogP contribution in [0.15, 0.2) is 60.0 Å². The number of likely N-dealkylation sites (tertiary alicyclic amines) is 1. The molecule has 0 aliphatic carbocycles. The molecule has 0 amide bonds. The van der Waals surface area contributed by atoms with Crippen LogP contribution >= 0.6 is 0 Å². The molecule has 0 bridgehead atoms. The highest BCUT2D eigenvalue weighted by molar-refractivity contribution is 6.01. The van der Waals surface area contributed by atoms with Crippen molar-refractivity contribution < 1.29 is 10.3 Å². The molecule has 0 saturated carbocycles. The fourth-order valence-electron chi connectivity index (χ4n) is 3.96. The lowest BCUT2D eigenvalue weighted by atomic mass is 10.1. The van der Waals surface area contributed by atoms with Gasteiger partial charge in [-0.2, -0.15) is 4.73 Å². The normalized spacial score (nSPS) is 15.5. The molecule has 1 saturated heterocycles. The molecule has 29 heavy (non-hydrogen) atoms. The molecule has 146 valence electrons. The molecule has 5 rings (SSSR count). The van der Waals surface area contributed by atoms with Crippen LogP contribution in [0, 0.1) is 0 Å². The molecule has 1 fully saturated rings. The molecule has 1 aliphatic rings. The van der Waals surface area contributed by atoms with E-state index in [0.717, 1.165) is 46.5 Å². The summed E-state index contributed by atoms with van der Waals surface area (Å²) in [6.45, 7) is 2.84. The van der Waals surface area contributed by atoms with E-state index in [1.165, 1.54) is 12.8 Å². The molecule has 2 aromatic carbocycles. The van der Waals surface area contributed by atoms with Crippen LogP contribution in [0.25, 0.3) is 21.9 Å². The van der Waals surface area contributed by atoms with Gasteiger partial charge in [0, 0.05) is 30.7 Å². The van der Waals surface area contributed by atoms with Crippen molar-refractivity contribution >= 4 is 27.6 Å². The molecule has 3 heterocycles. The van der Waals surface area contributed by atoms with Crippen molar-refractivity contribution in [2.24, 2.45) is 4.99 Å². The van der Waals surface area contributed by atoms with Gasteiger partial charge in [0.1, 0.15) is 11.3 Å². The fourth-order valence-corrected chi connectivity index (χ4v) is 3.96. The Balaban J connectivity index is 1.67. The third-order valence-corrected chi connectivity index (χ3v) is 5.40. The van der Waals surface area contributed by atoms with Gasteiger partial charge in [0.15, 0.2) is 0 Å². The number of phenols is 1. The van der Waals surface area contributed by atoms with Crippen LogP contribution in [-0.4, -0.2) is 43.0 Å². The first-order valence-corrected chi connectivity index (χ1v) is 9.72. The summed E-state index contributed by atoms with van der Waals surface area (Å²) in [6, 6.07) is 10.8. The van der Waals surface area contributed by atoms with Crippen LogP contribution in [0.4, 0.5) is 5.69 Å². The number of aromatic nitrogens is 3. The lowest BCUT2D eigenvalue weighted by Gasteiger charge is -2.15. The third kappa shape index (κ3) is 3.30. The topological polar surface area (TPSA) is 86.8 Å². The monoisotopic (exact) mass is 387 g/mol. The lowest BCUT2D eigenvalue weighted by molar-refractivity contribution is 0.198. The van der Waals surface area contributed by atoms with Crippen LogP contribution in [0.1, 0.15) is 18.4 Å². The van der Waals surface area contributed by atoms with E-state index in [-0.39, 0.29) is 0 Å². The Morgan fingerprint density at radius 3 is 2.69 bits per heavy atom. The van der Waals surface area contributed by atoms with E-state index < -0.39 is 0 Å². The van der Waals surface area contributed by atoms with E-state index in [1.54, 1.807) is 42.9 Å². The number of phenolic OH excluding ortho intramolecular Hbond substituents is 1. The van der Waals surface area contributed by atoms with E-state index in [9.17, 15) is 10.3 Å². The molecule has 0 spiro atoms. The summed E-state index contributed by atoms with van der Waals surface area (Å²) in [4.78, 5) is 16.0. The summed E-state index contributed by atoms with van der Waals surface area (Å²) in [7, 11) is 0. The average Bonchev–Trinajstić information content (AvgIpc) is 3.25. The van der Waals surface area contributed by atoms with Crippen LogP contribution < -0.4 is 5.36 Å². The van der Waals surface area contributed by atoms with Gasteiger partial charge in [-0.1, -0.05) is 0 Å². The van der Waals surface area contributed by atoms with Gasteiger partial charge in [-0.25, -0.2) is 4.99 Å². The summed E-state index contributed by atoms with van der Waals surface area (Å²) in [5.41, 5.74) is 3.65. The van der Waals surface area contributed by atoms with E-state index in [0.29, 0.717) is 22.1 Å². The maximum absolute atomic E-state index is 10.3. The summed E-state index contributed by atoms with van der Waals surface area (Å²) in [5, 5.41) is 22.0. The number of nitrogens with zero attached hydrogens (tertiary/aromatic N) is 5. The largest absolute Gasteiger partial charge is 0.508 e. The Bertz CT molecular complexity index is 1280. The minimum absolute atomic E-state index is 0.290. The second-order valence-corrected chi connectivity index (χ2v) is 7.34. The van der Waals surface area contributed by atoms with E-state index in [1.807, 2.05) is 12.1 Å². The number of rotatable bonds is 3. The second kappa shape index (κ2) is 7.18. The van der Waals surface area contributed by atoms with Crippen molar-refractivity contribution in [3.05, 3.63) is 65.9 Å². The molecular weight excluding hydrogens is 366 g/mol. The second-order valence-electron chi connectivity index (χ2n) is 7.34. The molecule has 2 N–H and O–H groups in total. The van der Waals surface area contributed by atoms with Crippen molar-refractivity contribution in [1.82, 2.24) is 19.6 Å². The first kappa shape index (κ1) is 17.6. The number of benzene rings is 2. The maximum Gasteiger partial charge on any atom is 0.120 e. The predicted molar refractivity (Wildman–Crippen MR) is 110 cm³/mol. The lowest BCUT2D eigenvalue weighted by Crippen LogP contribution is -2.18. The highest BCUT2D eigenvalue weighted by Gasteiger charge is 2.14. The van der Waals surface area contributed by atoms with E-state index in [2.05, 4.69) is 14.9 Å². The zero-order valence-electron chi connectivity index (χ0n) is 15.9. The number of hydrogen-bond acceptors (Lipinski definition) is 6. The van der Waals surface area contributed by atoms with Gasteiger partial charge < -0.3 is 10.3 Å². The van der Waals surface area contributed by atoms with Crippen LogP contribution in [0.5, 0.6) is 5.75 Å². The number of aromatic hydroxyl groups is 1. The molecule has 1 aliphatic heterocycles. The summed E-state index contributed by atoms with van der Waals surface area (Å²) < 4.78 is 1.07. The van der Waals surface area contributed by atoms with Crippen molar-refractivity contribution in [1.29, 1.82) is 0 Å². The minimum Gasteiger partial charge on any atom is -0.508 e. The molecule has 4 aromatic rings. The molecular formula is C22H21N5O2. The van der Waals surface area contributed by atoms with Crippen molar-refractivity contribution in [2.75, 3.05) is 13.1 Å². The standard InChI is InChI=1S/C22H21N5O2/c28-20-6-3-16(13-15(20)14-26-10-1-2-11-26)25-17-7-12-27(29)19-5-4-18-22(21(17)19)24-9-8-23-18/h3-9,12-13,28-29H,1-2,10-11,14H2. The summed E-state index contributed by atoms with van der Waals surface area (Å²) in [6.07, 6.45) is 7.25. The van der Waals surface area contributed by atoms with Crippen molar-refractivity contribution in [3.8, 4) is 5.75 Å². The molecule has 0 atom stereocenters. The first-order chi connectivity index (χ1) is 14.2. The summed E-state index contributed by atoms with van der Waals surface area (Å²) >= 11 is 0. The van der Waals surface area contributed by atoms with Gasteiger partial charge in [-0.3, -0.25) is 14.9 Å². The van der Waals surface area contributed by atoms with Crippen LogP contribution in [0.2, 0.25) is 0 Å². The van der Waals surface area contributed by atoms with E-state index in [4.69, 9.17) is 4.99 Å². The predicted octanol–water partition coefficient (Wildman–Crippen LogP) is 3.36. The highest BCUT2D eigenvalue weighted by atomic mass is 16.5. The molecule has 2 aromatic heterocycles. The Morgan fingerprint density at radius 2 is 1.83 bits per heavy atom. The minimum atomic E-state index is 0.290. The maximum atomic E-state index is 10.3. The first-order valence-electron chi connectivity index (χ1n) is 9.72. The van der Waals surface area contributed by atoms with Crippen LogP contribution in [0.3, 0.4) is 0 Å². The SMILES string of the molecule is Oc1ccc(N=c2ccn(O)c3ccc4nccnc4c23)cc1CN1CCCC1. The molecule has 7 nitrogen and oxygen atoms in total. The quantitative estimate of drug-likeness (QED) is 0.416. The van der Waals surface area contributed by atoms with Gasteiger partial charge in [0.05, 0.1) is 27.5 Å².